The Morgan fingerprint density at radius 3 is 3.07 bits per heavy atom. The number of carbonyl (C=O) groups excluding carboxylic acids is 1. The highest BCUT2D eigenvalue weighted by molar-refractivity contribution is 5.84. The zero-order chi connectivity index (χ0) is 10.5. The fraction of sp³-hybridized carbons (Fsp3) is 0.167. The molecule has 2 rings (SSSR count). The molecular weight excluding hydrogens is 190 g/mol. The Kier molecular flexibility index (Phi) is 2.93. The predicted octanol–water partition coefficient (Wildman–Crippen LogP) is 2.20. The van der Waals surface area contributed by atoms with Crippen LogP contribution in [0.5, 0.6) is 5.75 Å². The number of fused-ring (bicyclic) bond motifs is 1. The van der Waals surface area contributed by atoms with E-state index in [1.807, 2.05) is 30.3 Å². The van der Waals surface area contributed by atoms with Crippen molar-refractivity contribution in [3.05, 3.63) is 36.5 Å². The minimum absolute atomic E-state index is 0.413. The molecule has 1 aromatic heterocycles. The molecule has 1 heterocycles. The molecule has 15 heavy (non-hydrogen) atoms. The summed E-state index contributed by atoms with van der Waals surface area (Å²) in [4.78, 5) is 14.4. The van der Waals surface area contributed by atoms with Gasteiger partial charge in [-0.3, -0.25) is 4.98 Å². The standard InChI is InChI=1S/C12H11NO2/c14-8-3-9-15-12-6-1-5-11-10(12)4-2-7-13-11/h1-2,4-8H,3,9H2. The Labute approximate surface area is 87.7 Å². The van der Waals surface area contributed by atoms with E-state index in [0.29, 0.717) is 13.0 Å². The summed E-state index contributed by atoms with van der Waals surface area (Å²) >= 11 is 0. The van der Waals surface area contributed by atoms with Crippen LogP contribution in [0, 0.1) is 0 Å². The highest BCUT2D eigenvalue weighted by Crippen LogP contribution is 2.23. The lowest BCUT2D eigenvalue weighted by Gasteiger charge is -2.06. The van der Waals surface area contributed by atoms with Gasteiger partial charge in [0.2, 0.25) is 0 Å². The van der Waals surface area contributed by atoms with Crippen molar-refractivity contribution in [2.75, 3.05) is 6.61 Å². The fourth-order valence-corrected chi connectivity index (χ4v) is 1.42. The maximum absolute atomic E-state index is 10.2. The molecule has 0 N–H and O–H groups in total. The maximum atomic E-state index is 10.2. The van der Waals surface area contributed by atoms with Gasteiger partial charge in [-0.15, -0.1) is 0 Å². The van der Waals surface area contributed by atoms with Crippen molar-refractivity contribution in [3.63, 3.8) is 0 Å². The Hall–Kier alpha value is -1.90. The topological polar surface area (TPSA) is 39.2 Å². The highest BCUT2D eigenvalue weighted by Gasteiger charge is 2.00. The number of hydrogen-bond donors (Lipinski definition) is 0. The van der Waals surface area contributed by atoms with Gasteiger partial charge in [0.15, 0.2) is 0 Å². The molecule has 3 nitrogen and oxygen atoms in total. The van der Waals surface area contributed by atoms with Crippen LogP contribution in [-0.4, -0.2) is 17.9 Å². The summed E-state index contributed by atoms with van der Waals surface area (Å²) in [6.45, 7) is 0.414. The van der Waals surface area contributed by atoms with Gasteiger partial charge in [-0.2, -0.15) is 0 Å². The number of aldehydes is 1. The number of nitrogens with zero attached hydrogens (tertiary/aromatic N) is 1. The van der Waals surface area contributed by atoms with E-state index >= 15 is 0 Å². The molecule has 3 heteroatoms. The Morgan fingerprint density at radius 1 is 1.27 bits per heavy atom. The number of carbonyl (C=O) groups is 1. The molecule has 2 aromatic rings. The Balaban J connectivity index is 2.30. The number of ether oxygens (including phenoxy) is 1. The van der Waals surface area contributed by atoms with Crippen LogP contribution >= 0.6 is 0 Å². The third kappa shape index (κ3) is 2.13. The van der Waals surface area contributed by atoms with Crippen LogP contribution in [-0.2, 0) is 4.79 Å². The van der Waals surface area contributed by atoms with Crippen LogP contribution in [0.4, 0.5) is 0 Å². The van der Waals surface area contributed by atoms with Gasteiger partial charge < -0.3 is 9.53 Å². The molecular formula is C12H11NO2. The van der Waals surface area contributed by atoms with Gasteiger partial charge in [0.05, 0.1) is 12.1 Å². The minimum Gasteiger partial charge on any atom is -0.492 e. The normalized spacial score (nSPS) is 10.1. The average molecular weight is 201 g/mol. The second-order valence-corrected chi connectivity index (χ2v) is 3.13. The van der Waals surface area contributed by atoms with Crippen LogP contribution in [0.2, 0.25) is 0 Å². The van der Waals surface area contributed by atoms with Gasteiger partial charge in [0.1, 0.15) is 12.0 Å². The van der Waals surface area contributed by atoms with Crippen molar-refractivity contribution in [1.29, 1.82) is 0 Å². The molecule has 0 saturated heterocycles. The molecule has 0 radical (unpaired) electrons. The van der Waals surface area contributed by atoms with Gasteiger partial charge in [-0.05, 0) is 24.3 Å². The number of rotatable bonds is 4. The Morgan fingerprint density at radius 2 is 2.20 bits per heavy atom. The molecule has 0 spiro atoms. The first kappa shape index (κ1) is 9.65. The first-order valence-electron chi connectivity index (χ1n) is 4.82. The number of benzene rings is 1. The highest BCUT2D eigenvalue weighted by atomic mass is 16.5. The lowest BCUT2D eigenvalue weighted by atomic mass is 10.2. The largest absolute Gasteiger partial charge is 0.492 e. The summed E-state index contributed by atoms with van der Waals surface area (Å²) in [7, 11) is 0. The van der Waals surface area contributed by atoms with Crippen molar-refractivity contribution in [2.24, 2.45) is 0 Å². The summed E-state index contributed by atoms with van der Waals surface area (Å²) in [5.74, 6) is 0.780. The van der Waals surface area contributed by atoms with Crippen LogP contribution in [0.1, 0.15) is 6.42 Å². The van der Waals surface area contributed by atoms with Gasteiger partial charge in [0.25, 0.3) is 0 Å². The summed E-state index contributed by atoms with van der Waals surface area (Å²) < 4.78 is 5.49. The van der Waals surface area contributed by atoms with E-state index in [0.717, 1.165) is 22.9 Å². The van der Waals surface area contributed by atoms with Gasteiger partial charge in [0, 0.05) is 18.0 Å². The quantitative estimate of drug-likeness (QED) is 0.562. The zero-order valence-electron chi connectivity index (χ0n) is 8.22. The van der Waals surface area contributed by atoms with E-state index in [1.54, 1.807) is 6.20 Å². The molecule has 0 aliphatic rings. The third-order valence-corrected chi connectivity index (χ3v) is 2.10. The molecule has 0 atom stereocenters. The van der Waals surface area contributed by atoms with E-state index in [-0.39, 0.29) is 0 Å². The second kappa shape index (κ2) is 4.55. The average Bonchev–Trinajstić information content (AvgIpc) is 2.30. The van der Waals surface area contributed by atoms with Crippen molar-refractivity contribution in [3.8, 4) is 5.75 Å². The van der Waals surface area contributed by atoms with Gasteiger partial charge >= 0.3 is 0 Å². The number of pyridine rings is 1. The first-order valence-corrected chi connectivity index (χ1v) is 4.82. The zero-order valence-corrected chi connectivity index (χ0v) is 8.22. The SMILES string of the molecule is O=CCCOc1cccc2ncccc12. The van der Waals surface area contributed by atoms with E-state index < -0.39 is 0 Å². The minimum atomic E-state index is 0.413. The molecule has 0 saturated carbocycles. The van der Waals surface area contributed by atoms with E-state index in [9.17, 15) is 4.79 Å². The molecule has 0 bridgehead atoms. The van der Waals surface area contributed by atoms with E-state index in [2.05, 4.69) is 4.98 Å². The molecule has 0 aliphatic heterocycles. The monoisotopic (exact) mass is 201 g/mol. The molecule has 0 fully saturated rings. The van der Waals surface area contributed by atoms with Crippen LogP contribution in [0.25, 0.3) is 10.9 Å². The summed E-state index contributed by atoms with van der Waals surface area (Å²) in [6.07, 6.45) is 3.01. The summed E-state index contributed by atoms with van der Waals surface area (Å²) in [5, 5.41) is 0.978. The van der Waals surface area contributed by atoms with Crippen LogP contribution in [0.3, 0.4) is 0 Å². The molecule has 0 amide bonds. The third-order valence-electron chi connectivity index (χ3n) is 2.10. The van der Waals surface area contributed by atoms with E-state index in [4.69, 9.17) is 4.74 Å². The van der Waals surface area contributed by atoms with Gasteiger partial charge in [-0.25, -0.2) is 0 Å². The number of aromatic nitrogens is 1. The van der Waals surface area contributed by atoms with Crippen molar-refractivity contribution >= 4 is 17.2 Å². The second-order valence-electron chi connectivity index (χ2n) is 3.13. The summed E-state index contributed by atoms with van der Waals surface area (Å²) in [5.41, 5.74) is 0.904. The lowest BCUT2D eigenvalue weighted by Crippen LogP contribution is -1.98. The van der Waals surface area contributed by atoms with Crippen LogP contribution < -0.4 is 4.74 Å². The first-order chi connectivity index (χ1) is 7.42. The molecule has 1 aromatic carbocycles. The lowest BCUT2D eigenvalue weighted by molar-refractivity contribution is -0.108. The van der Waals surface area contributed by atoms with Crippen molar-refractivity contribution in [1.82, 2.24) is 4.98 Å². The Bertz CT molecular complexity index is 463. The molecule has 0 unspecified atom stereocenters. The van der Waals surface area contributed by atoms with Crippen molar-refractivity contribution in [2.45, 2.75) is 6.42 Å². The van der Waals surface area contributed by atoms with Crippen LogP contribution in [0.15, 0.2) is 36.5 Å². The number of hydrogen-bond acceptors (Lipinski definition) is 3. The van der Waals surface area contributed by atoms with Gasteiger partial charge in [-0.1, -0.05) is 6.07 Å². The fourth-order valence-electron chi connectivity index (χ4n) is 1.42. The smallest absolute Gasteiger partial charge is 0.128 e. The van der Waals surface area contributed by atoms with Crippen molar-refractivity contribution < 1.29 is 9.53 Å². The molecule has 76 valence electrons. The van der Waals surface area contributed by atoms with E-state index in [1.165, 1.54) is 0 Å². The summed E-state index contributed by atoms with van der Waals surface area (Å²) in [6, 6.07) is 9.54. The molecule has 0 aliphatic carbocycles. The maximum Gasteiger partial charge on any atom is 0.128 e. The predicted molar refractivity (Wildman–Crippen MR) is 57.9 cm³/mol.